The van der Waals surface area contributed by atoms with E-state index < -0.39 is 16.7 Å². The predicted octanol–water partition coefficient (Wildman–Crippen LogP) is 2.64. The van der Waals surface area contributed by atoms with Crippen LogP contribution in [0.4, 0.5) is 0 Å². The molecule has 23 heavy (non-hydrogen) atoms. The van der Waals surface area contributed by atoms with E-state index in [4.69, 9.17) is 20.2 Å². The molecule has 0 amide bonds. The molecule has 0 spiro atoms. The fourth-order valence-electron chi connectivity index (χ4n) is 2.40. The first-order valence-electron chi connectivity index (χ1n) is 6.98. The molecular weight excluding hydrogens is 417 g/mol. The van der Waals surface area contributed by atoms with Gasteiger partial charge < -0.3 is 0 Å². The molecule has 0 aromatic rings. The van der Waals surface area contributed by atoms with Crippen molar-refractivity contribution >= 4 is 36.9 Å². The summed E-state index contributed by atoms with van der Waals surface area (Å²) in [7, 11) is 33.8. The van der Waals surface area contributed by atoms with Gasteiger partial charge in [-0.3, -0.25) is 0 Å². The zero-order valence-electron chi connectivity index (χ0n) is 16.8. The van der Waals surface area contributed by atoms with Gasteiger partial charge in [0, 0.05) is 84.6 Å². The normalized spacial score (nSPS) is 11.9. The molecule has 11 heteroatoms. The van der Waals surface area contributed by atoms with E-state index in [9.17, 15) is 0 Å². The number of nitrogens with zero attached hydrogens (tertiary/aromatic N) is 6. The predicted molar refractivity (Wildman–Crippen MR) is 110 cm³/mol. The fraction of sp³-hybridized carbons (Fsp3) is 1.00. The van der Waals surface area contributed by atoms with E-state index in [1.807, 2.05) is 0 Å². The van der Waals surface area contributed by atoms with Crippen molar-refractivity contribution in [3.05, 3.63) is 0 Å². The van der Waals surface area contributed by atoms with Crippen LogP contribution in [-0.4, -0.2) is 113 Å². The van der Waals surface area contributed by atoms with Crippen molar-refractivity contribution in [1.29, 1.82) is 0 Å². The maximum absolute atomic E-state index is 4.76. The Labute approximate surface area is 162 Å². The quantitative estimate of drug-likeness (QED) is 0.450. The van der Waals surface area contributed by atoms with Gasteiger partial charge in [0.05, 0.1) is 0 Å². The third-order valence-electron chi connectivity index (χ3n) is 2.40. The van der Waals surface area contributed by atoms with Gasteiger partial charge in [0.1, 0.15) is 0 Å². The van der Waals surface area contributed by atoms with Crippen molar-refractivity contribution in [3.8, 4) is 0 Å². The van der Waals surface area contributed by atoms with Gasteiger partial charge in [-0.25, -0.2) is 0 Å². The molecule has 0 saturated heterocycles. The molecule has 0 aliphatic heterocycles. The SMILES string of the molecule is CN(C)[PH+](N(C)C)N(C)C.CN(C)[PH+](N(C)C)N(C)C.[Cl][Fe][Cl]. The van der Waals surface area contributed by atoms with Crippen LogP contribution in [0.3, 0.4) is 0 Å². The zero-order chi connectivity index (χ0) is 19.3. The standard InChI is InChI=1S/2C6H18N3P.2ClH.Fe/c2*1-7(2)10(8(3)4)9(5)6;;;/h2*1-6H3;2*1H;/q;;;;+2. The number of rotatable bonds is 6. The van der Waals surface area contributed by atoms with E-state index in [0.29, 0.717) is 0 Å². The van der Waals surface area contributed by atoms with Crippen molar-refractivity contribution in [2.24, 2.45) is 0 Å². The molecule has 0 N–H and O–H groups in total. The van der Waals surface area contributed by atoms with Crippen LogP contribution in [0.15, 0.2) is 0 Å². The van der Waals surface area contributed by atoms with Crippen LogP contribution in [0.1, 0.15) is 0 Å². The third-order valence-corrected chi connectivity index (χ3v) is 7.20. The molecule has 0 heterocycles. The Morgan fingerprint density at radius 3 is 0.522 bits per heavy atom. The second-order valence-electron chi connectivity index (χ2n) is 6.02. The number of hydrogen-bond acceptors (Lipinski definition) is 6. The molecule has 0 radical (unpaired) electrons. The minimum absolute atomic E-state index is 0.194. The van der Waals surface area contributed by atoms with Crippen molar-refractivity contribution in [2.75, 3.05) is 84.6 Å². The second-order valence-corrected chi connectivity index (χ2v) is 14.4. The van der Waals surface area contributed by atoms with E-state index in [1.54, 1.807) is 0 Å². The first-order chi connectivity index (χ1) is 10.3. The van der Waals surface area contributed by atoms with Crippen molar-refractivity contribution in [2.45, 2.75) is 0 Å². The molecule has 0 unspecified atom stereocenters. The molecule has 0 rings (SSSR count). The molecule has 0 aromatic heterocycles. The van der Waals surface area contributed by atoms with Crippen molar-refractivity contribution in [1.82, 2.24) is 28.0 Å². The Morgan fingerprint density at radius 2 is 0.522 bits per heavy atom. The van der Waals surface area contributed by atoms with Gasteiger partial charge in [-0.15, -0.1) is 0 Å². The maximum atomic E-state index is 4.76. The van der Waals surface area contributed by atoms with Crippen molar-refractivity contribution in [3.63, 3.8) is 0 Å². The Morgan fingerprint density at radius 1 is 0.435 bits per heavy atom. The Bertz CT molecular complexity index is 200. The molecule has 146 valence electrons. The molecule has 0 saturated carbocycles. The Balaban J connectivity index is -0.000000297. The summed E-state index contributed by atoms with van der Waals surface area (Å²) in [6.45, 7) is 0. The molecular formula is C12H38Cl2FeN6P2+2. The Hall–Kier alpha value is 1.72. The first kappa shape index (κ1) is 29.5. The summed E-state index contributed by atoms with van der Waals surface area (Å²) < 4.78 is 13.6. The average Bonchev–Trinajstić information content (AvgIpc) is 2.26. The van der Waals surface area contributed by atoms with Crippen molar-refractivity contribution < 1.29 is 13.1 Å². The van der Waals surface area contributed by atoms with Crippen LogP contribution in [0.2, 0.25) is 0 Å². The minimum atomic E-state index is -0.596. The molecule has 0 aliphatic carbocycles. The first-order valence-corrected chi connectivity index (χ1v) is 12.7. The van der Waals surface area contributed by atoms with E-state index in [0.717, 1.165) is 0 Å². The van der Waals surface area contributed by atoms with Crippen LogP contribution in [0.25, 0.3) is 0 Å². The molecule has 0 aliphatic rings. The molecule has 6 nitrogen and oxygen atoms in total. The van der Waals surface area contributed by atoms with Gasteiger partial charge in [0.25, 0.3) is 0 Å². The van der Waals surface area contributed by atoms with Crippen LogP contribution < -0.4 is 0 Å². The van der Waals surface area contributed by atoms with E-state index >= 15 is 0 Å². The van der Waals surface area contributed by atoms with Crippen LogP contribution in [0.5, 0.6) is 0 Å². The molecule has 0 atom stereocenters. The summed E-state index contributed by atoms with van der Waals surface area (Å²) in [4.78, 5) is 0. The van der Waals surface area contributed by atoms with E-state index in [-0.39, 0.29) is 13.1 Å². The monoisotopic (exact) mass is 454 g/mol. The summed E-state index contributed by atoms with van der Waals surface area (Å²) >= 11 is 0.194. The van der Waals surface area contributed by atoms with Gasteiger partial charge in [-0.2, -0.15) is 28.0 Å². The van der Waals surface area contributed by atoms with Gasteiger partial charge >= 0.3 is 33.3 Å². The summed E-state index contributed by atoms with van der Waals surface area (Å²) in [6, 6.07) is 0. The van der Waals surface area contributed by atoms with Crippen LogP contribution >= 0.6 is 36.9 Å². The summed E-state index contributed by atoms with van der Waals surface area (Å²) in [5.41, 5.74) is 0. The number of hydrogen-bond donors (Lipinski definition) is 0. The van der Waals surface area contributed by atoms with Gasteiger partial charge in [-0.05, 0) is 0 Å². The third kappa shape index (κ3) is 16.9. The van der Waals surface area contributed by atoms with Gasteiger partial charge in [-0.1, -0.05) is 0 Å². The average molecular weight is 455 g/mol. The van der Waals surface area contributed by atoms with E-state index in [1.165, 1.54) is 0 Å². The van der Waals surface area contributed by atoms with Gasteiger partial charge in [0.15, 0.2) is 0 Å². The van der Waals surface area contributed by atoms with Gasteiger partial charge in [0.2, 0.25) is 16.7 Å². The molecule has 0 fully saturated rings. The second kappa shape index (κ2) is 17.1. The summed E-state index contributed by atoms with van der Waals surface area (Å²) in [6.07, 6.45) is 0. The zero-order valence-corrected chi connectivity index (χ0v) is 21.4. The fourth-order valence-corrected chi connectivity index (χ4v) is 7.20. The summed E-state index contributed by atoms with van der Waals surface area (Å²) in [5.74, 6) is 0. The topological polar surface area (TPSA) is 19.4 Å². The van der Waals surface area contributed by atoms with Crippen LogP contribution in [-0.2, 0) is 13.1 Å². The Kier molecular flexibility index (Phi) is 22.0. The van der Waals surface area contributed by atoms with Crippen LogP contribution in [0, 0.1) is 0 Å². The number of halogens is 2. The summed E-state index contributed by atoms with van der Waals surface area (Å²) in [5, 5.41) is 0. The molecule has 0 bridgehead atoms. The molecule has 0 aromatic carbocycles. The van der Waals surface area contributed by atoms with E-state index in [2.05, 4.69) is 113 Å².